The van der Waals surface area contributed by atoms with Gasteiger partial charge in [-0.1, -0.05) is 30.3 Å². The van der Waals surface area contributed by atoms with Crippen LogP contribution in [0.25, 0.3) is 0 Å². The van der Waals surface area contributed by atoms with Crippen LogP contribution in [0.4, 0.5) is 4.79 Å². The van der Waals surface area contributed by atoms with E-state index in [0.717, 1.165) is 0 Å². The van der Waals surface area contributed by atoms with Gasteiger partial charge < -0.3 is 20.5 Å². The highest BCUT2D eigenvalue weighted by atomic mass is 16.5. The summed E-state index contributed by atoms with van der Waals surface area (Å²) in [7, 11) is 1.25. The van der Waals surface area contributed by atoms with Gasteiger partial charge in [-0.3, -0.25) is 4.79 Å². The average molecular weight is 280 g/mol. The molecule has 0 aliphatic heterocycles. The van der Waals surface area contributed by atoms with Gasteiger partial charge in [0.2, 0.25) is 0 Å². The molecule has 1 atom stereocenters. The van der Waals surface area contributed by atoms with Crippen molar-refractivity contribution in [2.75, 3.05) is 13.7 Å². The van der Waals surface area contributed by atoms with Gasteiger partial charge in [-0.2, -0.15) is 0 Å². The van der Waals surface area contributed by atoms with E-state index in [-0.39, 0.29) is 13.0 Å². The molecular weight excluding hydrogens is 264 g/mol. The fourth-order valence-electron chi connectivity index (χ4n) is 1.50. The van der Waals surface area contributed by atoms with Crippen LogP contribution in [0, 0.1) is 0 Å². The van der Waals surface area contributed by atoms with Crippen molar-refractivity contribution in [3.63, 3.8) is 0 Å². The minimum Gasteiger partial charge on any atom is -0.479 e. The quantitative estimate of drug-likeness (QED) is 0.664. The standard InChI is InChI=1S/C13H16N2O5/c1-20-10(16)7-8-14-13(19)15-11(12(17)18)9-5-3-2-4-6-9/h2-6,11H,7-8H2,1H3,(H,17,18)(H2,14,15,19)/t11-/m1/s1. The summed E-state index contributed by atoms with van der Waals surface area (Å²) >= 11 is 0. The molecule has 0 aromatic heterocycles. The van der Waals surface area contributed by atoms with Gasteiger partial charge in [-0.15, -0.1) is 0 Å². The Morgan fingerprint density at radius 1 is 1.25 bits per heavy atom. The van der Waals surface area contributed by atoms with Crippen molar-refractivity contribution in [3.05, 3.63) is 35.9 Å². The predicted molar refractivity (Wildman–Crippen MR) is 70.0 cm³/mol. The van der Waals surface area contributed by atoms with Crippen LogP contribution in [0.2, 0.25) is 0 Å². The smallest absolute Gasteiger partial charge is 0.330 e. The molecule has 0 saturated carbocycles. The molecule has 3 N–H and O–H groups in total. The first-order chi connectivity index (χ1) is 9.54. The molecule has 0 bridgehead atoms. The SMILES string of the molecule is COC(=O)CCNC(=O)N[C@@H](C(=O)O)c1ccccc1. The van der Waals surface area contributed by atoms with Crippen LogP contribution in [0.5, 0.6) is 0 Å². The van der Waals surface area contributed by atoms with Crippen LogP contribution >= 0.6 is 0 Å². The maximum Gasteiger partial charge on any atom is 0.330 e. The topological polar surface area (TPSA) is 105 Å². The maximum absolute atomic E-state index is 11.6. The molecular formula is C13H16N2O5. The number of ether oxygens (including phenoxy) is 1. The van der Waals surface area contributed by atoms with E-state index in [1.54, 1.807) is 30.3 Å². The fourth-order valence-corrected chi connectivity index (χ4v) is 1.50. The number of amides is 2. The van der Waals surface area contributed by atoms with Crippen LogP contribution in [0.1, 0.15) is 18.0 Å². The third kappa shape index (κ3) is 4.97. The van der Waals surface area contributed by atoms with E-state index in [1.807, 2.05) is 0 Å². The molecule has 2 amide bonds. The highest BCUT2D eigenvalue weighted by Crippen LogP contribution is 2.12. The summed E-state index contributed by atoms with van der Waals surface area (Å²) in [4.78, 5) is 33.6. The number of carbonyl (C=O) groups excluding carboxylic acids is 2. The Morgan fingerprint density at radius 2 is 1.90 bits per heavy atom. The van der Waals surface area contributed by atoms with Crippen LogP contribution in [0.3, 0.4) is 0 Å². The molecule has 20 heavy (non-hydrogen) atoms. The number of hydrogen-bond donors (Lipinski definition) is 3. The van der Waals surface area contributed by atoms with Crippen molar-refractivity contribution in [2.24, 2.45) is 0 Å². The predicted octanol–water partition coefficient (Wildman–Crippen LogP) is 0.675. The molecule has 1 rings (SSSR count). The molecule has 1 aromatic rings. The van der Waals surface area contributed by atoms with Crippen molar-refractivity contribution in [1.29, 1.82) is 0 Å². The zero-order valence-corrected chi connectivity index (χ0v) is 11.0. The van der Waals surface area contributed by atoms with Crippen LogP contribution in [0.15, 0.2) is 30.3 Å². The second kappa shape index (κ2) is 7.78. The number of carboxylic acid groups (broad SMARTS) is 1. The lowest BCUT2D eigenvalue weighted by molar-refractivity contribution is -0.141. The summed E-state index contributed by atoms with van der Waals surface area (Å²) in [5.41, 5.74) is 0.461. The largest absolute Gasteiger partial charge is 0.479 e. The third-order valence-corrected chi connectivity index (χ3v) is 2.50. The number of methoxy groups -OCH3 is 1. The van der Waals surface area contributed by atoms with Gasteiger partial charge in [0.1, 0.15) is 0 Å². The molecule has 0 unspecified atom stereocenters. The summed E-state index contributed by atoms with van der Waals surface area (Å²) < 4.78 is 4.42. The van der Waals surface area contributed by atoms with E-state index in [9.17, 15) is 14.4 Å². The second-order valence-electron chi connectivity index (χ2n) is 3.91. The van der Waals surface area contributed by atoms with E-state index < -0.39 is 24.0 Å². The van der Waals surface area contributed by atoms with Crippen LogP contribution in [-0.2, 0) is 14.3 Å². The summed E-state index contributed by atoms with van der Waals surface area (Å²) in [5, 5.41) is 13.8. The Labute approximate surface area is 115 Å². The number of carboxylic acids is 1. The molecule has 0 aliphatic rings. The molecule has 0 fully saturated rings. The van der Waals surface area contributed by atoms with Crippen LogP contribution < -0.4 is 10.6 Å². The first-order valence-electron chi connectivity index (χ1n) is 5.93. The molecule has 0 saturated heterocycles. The molecule has 7 heteroatoms. The summed E-state index contributed by atoms with van der Waals surface area (Å²) in [6, 6.07) is 6.52. The van der Waals surface area contributed by atoms with E-state index >= 15 is 0 Å². The molecule has 1 aromatic carbocycles. The number of esters is 1. The Balaban J connectivity index is 2.53. The number of nitrogens with one attached hydrogen (secondary N) is 2. The Hall–Kier alpha value is -2.57. The number of aliphatic carboxylic acids is 1. The Kier molecular flexibility index (Phi) is 6.02. The minimum atomic E-state index is -1.17. The van der Waals surface area contributed by atoms with Crippen LogP contribution in [-0.4, -0.2) is 36.7 Å². The molecule has 0 heterocycles. The minimum absolute atomic E-state index is 0.0208. The highest BCUT2D eigenvalue weighted by Gasteiger charge is 2.21. The average Bonchev–Trinajstić information content (AvgIpc) is 2.45. The van der Waals surface area contributed by atoms with Crippen molar-refractivity contribution in [3.8, 4) is 0 Å². The summed E-state index contributed by atoms with van der Waals surface area (Å²) in [6.07, 6.45) is 0.0208. The number of hydrogen-bond acceptors (Lipinski definition) is 4. The van der Waals surface area contributed by atoms with Crippen molar-refractivity contribution in [2.45, 2.75) is 12.5 Å². The molecule has 0 aliphatic carbocycles. The van der Waals surface area contributed by atoms with E-state index in [4.69, 9.17) is 5.11 Å². The number of benzene rings is 1. The lowest BCUT2D eigenvalue weighted by Gasteiger charge is -2.15. The monoisotopic (exact) mass is 280 g/mol. The molecule has 7 nitrogen and oxygen atoms in total. The zero-order valence-electron chi connectivity index (χ0n) is 11.0. The van der Waals surface area contributed by atoms with Gasteiger partial charge in [0.05, 0.1) is 13.5 Å². The normalized spacial score (nSPS) is 11.2. The molecule has 0 radical (unpaired) electrons. The van der Waals surface area contributed by atoms with Gasteiger partial charge in [-0.25, -0.2) is 9.59 Å². The lowest BCUT2D eigenvalue weighted by atomic mass is 10.1. The first kappa shape index (κ1) is 15.5. The van der Waals surface area contributed by atoms with Crippen molar-refractivity contribution >= 4 is 18.0 Å². The number of rotatable bonds is 6. The van der Waals surface area contributed by atoms with Gasteiger partial charge >= 0.3 is 18.0 Å². The summed E-state index contributed by atoms with van der Waals surface area (Å²) in [5.74, 6) is -1.62. The molecule has 0 spiro atoms. The van der Waals surface area contributed by atoms with Gasteiger partial charge in [0.15, 0.2) is 6.04 Å². The lowest BCUT2D eigenvalue weighted by Crippen LogP contribution is -2.41. The van der Waals surface area contributed by atoms with Gasteiger partial charge in [0, 0.05) is 6.54 Å². The van der Waals surface area contributed by atoms with Gasteiger partial charge in [-0.05, 0) is 5.56 Å². The third-order valence-electron chi connectivity index (χ3n) is 2.50. The first-order valence-corrected chi connectivity index (χ1v) is 5.93. The molecule has 108 valence electrons. The van der Waals surface area contributed by atoms with Crippen molar-refractivity contribution < 1.29 is 24.2 Å². The maximum atomic E-state index is 11.6. The Bertz CT molecular complexity index is 475. The van der Waals surface area contributed by atoms with Crippen molar-refractivity contribution in [1.82, 2.24) is 10.6 Å². The number of urea groups is 1. The fraction of sp³-hybridized carbons (Fsp3) is 0.308. The second-order valence-corrected chi connectivity index (χ2v) is 3.91. The van der Waals surface area contributed by atoms with Gasteiger partial charge in [0.25, 0.3) is 0 Å². The number of carbonyl (C=O) groups is 3. The Morgan fingerprint density at radius 3 is 2.45 bits per heavy atom. The van der Waals surface area contributed by atoms with E-state index in [1.165, 1.54) is 7.11 Å². The van der Waals surface area contributed by atoms with E-state index in [0.29, 0.717) is 5.56 Å². The zero-order chi connectivity index (χ0) is 15.0. The summed E-state index contributed by atoms with van der Waals surface area (Å²) in [6.45, 7) is 0.0691. The highest BCUT2D eigenvalue weighted by molar-refractivity contribution is 5.83. The van der Waals surface area contributed by atoms with E-state index in [2.05, 4.69) is 15.4 Å².